The molecular weight excluding hydrogens is 610 g/mol. The number of aromatic nitrogens is 1. The molecule has 0 bridgehead atoms. The van der Waals surface area contributed by atoms with Gasteiger partial charge in [0.25, 0.3) is 0 Å². The van der Waals surface area contributed by atoms with Gasteiger partial charge >= 0.3 is 11.9 Å². The first-order valence-electron chi connectivity index (χ1n) is 15.1. The summed E-state index contributed by atoms with van der Waals surface area (Å²) in [6, 6.07) is 29.9. The summed E-state index contributed by atoms with van der Waals surface area (Å²) < 4.78 is 13.2. The number of carbonyl (C=O) groups is 3. The Morgan fingerprint density at radius 2 is 1.19 bits per heavy atom. The number of ether oxygens (including phenoxy) is 1. The van der Waals surface area contributed by atoms with Crippen molar-refractivity contribution in [1.29, 1.82) is 0 Å². The summed E-state index contributed by atoms with van der Waals surface area (Å²) in [4.78, 5) is 46.0. The van der Waals surface area contributed by atoms with Gasteiger partial charge in [0.15, 0.2) is 5.78 Å². The van der Waals surface area contributed by atoms with Crippen molar-refractivity contribution in [3.8, 4) is 11.4 Å². The molecule has 6 rings (SSSR count). The summed E-state index contributed by atoms with van der Waals surface area (Å²) in [5, 5.41) is 9.59. The zero-order valence-electron chi connectivity index (χ0n) is 26.7. The van der Waals surface area contributed by atoms with Crippen LogP contribution in [0.2, 0.25) is 0 Å². The maximum Gasteiger partial charge on any atom is 0.331 e. The molecule has 48 heavy (non-hydrogen) atoms. The highest BCUT2D eigenvalue weighted by Crippen LogP contribution is 2.34. The number of oxime groups is 2. The van der Waals surface area contributed by atoms with Crippen LogP contribution in [-0.2, 0) is 25.9 Å². The number of ketones is 1. The molecule has 0 atom stereocenters. The standard InChI is InChI=1S/C38H31N3O7/c1-23(39-47-25(3)42)27-7-13-31(14-8-27)41-36-17-11-29(24(2)40-48-26(4)43)20-34(36)35-21-30(12-18-37(35)41)38(44)28-9-15-32(16-10-28)46-22-33-6-5-19-45-33/h5-21H,22H2,1-4H3/b39-23?,40-24+. The Hall–Kier alpha value is -6.29. The van der Waals surface area contributed by atoms with Crippen molar-refractivity contribution in [3.63, 3.8) is 0 Å². The normalized spacial score (nSPS) is 11.9. The first-order chi connectivity index (χ1) is 23.2. The first-order valence-corrected chi connectivity index (χ1v) is 15.1. The quantitative estimate of drug-likeness (QED) is 0.0648. The lowest BCUT2D eigenvalue weighted by Crippen LogP contribution is -2.02. The summed E-state index contributed by atoms with van der Waals surface area (Å²) >= 11 is 0. The molecule has 0 saturated heterocycles. The summed E-state index contributed by atoms with van der Waals surface area (Å²) in [5.74, 6) is 0.195. The Labute approximate surface area is 275 Å². The summed E-state index contributed by atoms with van der Waals surface area (Å²) in [6.45, 7) is 6.41. The Morgan fingerprint density at radius 1 is 0.646 bits per heavy atom. The van der Waals surface area contributed by atoms with Gasteiger partial charge in [-0.25, -0.2) is 9.59 Å². The van der Waals surface area contributed by atoms with Gasteiger partial charge in [0.1, 0.15) is 18.1 Å². The van der Waals surface area contributed by atoms with Crippen molar-refractivity contribution < 1.29 is 33.2 Å². The summed E-state index contributed by atoms with van der Waals surface area (Å²) in [7, 11) is 0. The van der Waals surface area contributed by atoms with Gasteiger partial charge < -0.3 is 23.4 Å². The van der Waals surface area contributed by atoms with Crippen LogP contribution in [0, 0.1) is 0 Å². The van der Waals surface area contributed by atoms with Gasteiger partial charge in [0.05, 0.1) is 28.7 Å². The van der Waals surface area contributed by atoms with Crippen molar-refractivity contribution in [2.24, 2.45) is 10.3 Å². The fourth-order valence-electron chi connectivity index (χ4n) is 5.31. The van der Waals surface area contributed by atoms with E-state index in [1.165, 1.54) is 13.8 Å². The predicted octanol–water partition coefficient (Wildman–Crippen LogP) is 7.76. The van der Waals surface area contributed by atoms with Crippen LogP contribution in [-0.4, -0.2) is 33.7 Å². The van der Waals surface area contributed by atoms with Crippen LogP contribution in [0.1, 0.15) is 60.5 Å². The Balaban J connectivity index is 1.39. The maximum absolute atomic E-state index is 13.7. The minimum absolute atomic E-state index is 0.133. The van der Waals surface area contributed by atoms with E-state index in [0.717, 1.165) is 38.6 Å². The number of fused-ring (bicyclic) bond motifs is 3. The number of rotatable bonds is 10. The zero-order chi connectivity index (χ0) is 33.8. The minimum atomic E-state index is -0.510. The molecule has 0 aliphatic carbocycles. The van der Waals surface area contributed by atoms with E-state index in [9.17, 15) is 14.4 Å². The second kappa shape index (κ2) is 13.6. The van der Waals surface area contributed by atoms with Crippen LogP contribution < -0.4 is 4.74 Å². The third kappa shape index (κ3) is 6.78. The first kappa shape index (κ1) is 31.7. The number of furan rings is 1. The molecule has 0 fully saturated rings. The van der Waals surface area contributed by atoms with E-state index in [2.05, 4.69) is 14.9 Å². The molecule has 0 aliphatic heterocycles. The predicted molar refractivity (Wildman–Crippen MR) is 182 cm³/mol. The minimum Gasteiger partial charge on any atom is -0.486 e. The summed E-state index contributed by atoms with van der Waals surface area (Å²) in [5.41, 5.74) is 6.35. The molecule has 0 spiro atoms. The van der Waals surface area contributed by atoms with Crippen molar-refractivity contribution >= 4 is 51.0 Å². The molecule has 0 radical (unpaired) electrons. The van der Waals surface area contributed by atoms with E-state index in [1.54, 1.807) is 50.4 Å². The number of benzene rings is 4. The molecule has 0 N–H and O–H groups in total. The Morgan fingerprint density at radius 3 is 1.77 bits per heavy atom. The van der Waals surface area contributed by atoms with Crippen molar-refractivity contribution in [3.05, 3.63) is 131 Å². The molecule has 10 nitrogen and oxygen atoms in total. The number of carbonyl (C=O) groups excluding carboxylic acids is 3. The lowest BCUT2D eigenvalue weighted by Gasteiger charge is -2.10. The van der Waals surface area contributed by atoms with Crippen LogP contribution in [0.5, 0.6) is 5.75 Å². The molecular formula is C38H31N3O7. The van der Waals surface area contributed by atoms with E-state index in [0.29, 0.717) is 34.1 Å². The van der Waals surface area contributed by atoms with Crippen LogP contribution >= 0.6 is 0 Å². The Kier molecular flexibility index (Phi) is 8.98. The van der Waals surface area contributed by atoms with E-state index in [4.69, 9.17) is 18.8 Å². The summed E-state index contributed by atoms with van der Waals surface area (Å²) in [6.07, 6.45) is 1.59. The lowest BCUT2D eigenvalue weighted by atomic mass is 10.0. The van der Waals surface area contributed by atoms with E-state index in [1.807, 2.05) is 66.7 Å². The molecule has 2 aromatic heterocycles. The molecule has 2 heterocycles. The molecule has 4 aromatic carbocycles. The molecule has 10 heteroatoms. The second-order valence-corrected chi connectivity index (χ2v) is 11.1. The van der Waals surface area contributed by atoms with Crippen LogP contribution in [0.4, 0.5) is 0 Å². The molecule has 6 aromatic rings. The van der Waals surface area contributed by atoms with E-state index < -0.39 is 11.9 Å². The highest BCUT2D eigenvalue weighted by atomic mass is 16.7. The highest BCUT2D eigenvalue weighted by Gasteiger charge is 2.18. The van der Waals surface area contributed by atoms with Gasteiger partial charge in [-0.3, -0.25) is 4.79 Å². The molecule has 0 unspecified atom stereocenters. The van der Waals surface area contributed by atoms with Gasteiger partial charge in [-0.05, 0) is 104 Å². The third-order valence-corrected chi connectivity index (χ3v) is 7.69. The average Bonchev–Trinajstić information content (AvgIpc) is 3.74. The smallest absolute Gasteiger partial charge is 0.331 e. The van der Waals surface area contributed by atoms with Crippen molar-refractivity contribution in [2.75, 3.05) is 0 Å². The molecule has 0 aliphatic rings. The SMILES string of the molecule is CC(=O)ON=C(C)c1ccc(-n2c3ccc(C(=O)c4ccc(OCc5ccco5)cc4)cc3c3cc(/C(C)=N/OC(C)=O)ccc32)cc1. The zero-order valence-corrected chi connectivity index (χ0v) is 26.7. The Bertz CT molecular complexity index is 2210. The van der Waals surface area contributed by atoms with Gasteiger partial charge in [-0.2, -0.15) is 0 Å². The fourth-order valence-corrected chi connectivity index (χ4v) is 5.31. The van der Waals surface area contributed by atoms with Gasteiger partial charge in [0.2, 0.25) is 0 Å². The number of nitrogens with zero attached hydrogens (tertiary/aromatic N) is 3. The molecule has 0 amide bonds. The number of hydrogen-bond acceptors (Lipinski definition) is 9. The second-order valence-electron chi connectivity index (χ2n) is 11.1. The topological polar surface area (TPSA) is 122 Å². The molecule has 240 valence electrons. The fraction of sp³-hybridized carbons (Fsp3) is 0.132. The van der Waals surface area contributed by atoms with Gasteiger partial charge in [-0.15, -0.1) is 0 Å². The lowest BCUT2D eigenvalue weighted by molar-refractivity contribution is -0.141. The third-order valence-electron chi connectivity index (χ3n) is 7.69. The maximum atomic E-state index is 13.7. The molecule has 0 saturated carbocycles. The average molecular weight is 642 g/mol. The van der Waals surface area contributed by atoms with E-state index in [-0.39, 0.29) is 12.4 Å². The van der Waals surface area contributed by atoms with Crippen molar-refractivity contribution in [1.82, 2.24) is 4.57 Å². The van der Waals surface area contributed by atoms with Gasteiger partial charge in [0, 0.05) is 41.4 Å². The van der Waals surface area contributed by atoms with Gasteiger partial charge in [-0.1, -0.05) is 28.5 Å². The van der Waals surface area contributed by atoms with Crippen molar-refractivity contribution in [2.45, 2.75) is 34.3 Å². The monoisotopic (exact) mass is 641 g/mol. The van der Waals surface area contributed by atoms with Crippen LogP contribution in [0.15, 0.2) is 118 Å². The number of hydrogen-bond donors (Lipinski definition) is 0. The largest absolute Gasteiger partial charge is 0.486 e. The van der Waals surface area contributed by atoms with E-state index >= 15 is 0 Å². The van der Waals surface area contributed by atoms with Crippen LogP contribution in [0.3, 0.4) is 0 Å². The highest BCUT2D eigenvalue weighted by molar-refractivity contribution is 6.16. The van der Waals surface area contributed by atoms with Crippen LogP contribution in [0.25, 0.3) is 27.5 Å².